The van der Waals surface area contributed by atoms with Crippen molar-refractivity contribution in [3.8, 4) is 0 Å². The number of hydrogen-bond donors (Lipinski definition) is 2. The largest absolute Gasteiger partial charge is 0.465 e. The van der Waals surface area contributed by atoms with Gasteiger partial charge in [0.1, 0.15) is 0 Å². The van der Waals surface area contributed by atoms with Crippen LogP contribution in [-0.4, -0.2) is 23.3 Å². The molecule has 3 fully saturated rings. The van der Waals surface area contributed by atoms with Gasteiger partial charge >= 0.3 is 6.09 Å². The second kappa shape index (κ2) is 3.99. The standard InChI is InChI=1S/C14H17NO3/c16-12(17)15-13-6-8-14(9-7-13,18-10-13)11-4-2-1-3-5-11/h1-5,15H,6-10H2,(H,16,17). The van der Waals surface area contributed by atoms with E-state index in [1.807, 2.05) is 18.2 Å². The molecule has 2 aliphatic heterocycles. The lowest BCUT2D eigenvalue weighted by atomic mass is 9.68. The first-order chi connectivity index (χ1) is 8.64. The van der Waals surface area contributed by atoms with E-state index in [1.54, 1.807) is 0 Å². The SMILES string of the molecule is O=C(O)NC12CCC(c3ccccc3)(CC1)OC2. The molecule has 0 aromatic heterocycles. The summed E-state index contributed by atoms with van der Waals surface area (Å²) < 4.78 is 6.03. The minimum atomic E-state index is -0.951. The molecule has 4 heteroatoms. The lowest BCUT2D eigenvalue weighted by molar-refractivity contribution is -0.165. The highest BCUT2D eigenvalue weighted by molar-refractivity contribution is 5.65. The van der Waals surface area contributed by atoms with E-state index in [0.29, 0.717) is 6.61 Å². The quantitative estimate of drug-likeness (QED) is 0.844. The molecule has 1 amide bonds. The average molecular weight is 247 g/mol. The number of benzene rings is 1. The molecule has 0 spiro atoms. The van der Waals surface area contributed by atoms with E-state index in [-0.39, 0.29) is 11.1 Å². The molecule has 2 bridgehead atoms. The van der Waals surface area contributed by atoms with Gasteiger partial charge in [0.15, 0.2) is 0 Å². The van der Waals surface area contributed by atoms with Crippen LogP contribution in [0.2, 0.25) is 0 Å². The first-order valence-electron chi connectivity index (χ1n) is 6.35. The average Bonchev–Trinajstić information content (AvgIpc) is 2.41. The van der Waals surface area contributed by atoms with Crippen molar-refractivity contribution in [3.05, 3.63) is 35.9 Å². The number of nitrogens with one attached hydrogen (secondary N) is 1. The molecule has 0 atom stereocenters. The Labute approximate surface area is 106 Å². The summed E-state index contributed by atoms with van der Waals surface area (Å²) in [4.78, 5) is 10.8. The molecule has 2 saturated heterocycles. The molecule has 4 nitrogen and oxygen atoms in total. The van der Waals surface area contributed by atoms with Crippen molar-refractivity contribution in [1.82, 2.24) is 5.32 Å². The van der Waals surface area contributed by atoms with E-state index < -0.39 is 6.09 Å². The summed E-state index contributed by atoms with van der Waals surface area (Å²) >= 11 is 0. The molecular weight excluding hydrogens is 230 g/mol. The zero-order valence-corrected chi connectivity index (χ0v) is 10.2. The van der Waals surface area contributed by atoms with E-state index in [9.17, 15) is 4.79 Å². The van der Waals surface area contributed by atoms with E-state index in [2.05, 4.69) is 17.4 Å². The Kier molecular flexibility index (Phi) is 2.55. The summed E-state index contributed by atoms with van der Waals surface area (Å²) in [5.41, 5.74) is 0.666. The first kappa shape index (κ1) is 11.5. The lowest BCUT2D eigenvalue weighted by Crippen LogP contribution is -2.61. The minimum Gasteiger partial charge on any atom is -0.465 e. The van der Waals surface area contributed by atoms with Crippen LogP contribution in [0.25, 0.3) is 0 Å². The van der Waals surface area contributed by atoms with E-state index in [4.69, 9.17) is 9.84 Å². The molecule has 1 aromatic carbocycles. The minimum absolute atomic E-state index is 0.191. The molecule has 4 rings (SSSR count). The van der Waals surface area contributed by atoms with Crippen LogP contribution in [0.4, 0.5) is 4.79 Å². The Balaban J connectivity index is 1.81. The topological polar surface area (TPSA) is 58.6 Å². The molecule has 1 aromatic rings. The number of ether oxygens (including phenoxy) is 1. The predicted molar refractivity (Wildman–Crippen MR) is 66.4 cm³/mol. The fraction of sp³-hybridized carbons (Fsp3) is 0.500. The second-order valence-electron chi connectivity index (χ2n) is 5.36. The van der Waals surface area contributed by atoms with Crippen molar-refractivity contribution < 1.29 is 14.6 Å². The van der Waals surface area contributed by atoms with Gasteiger partial charge in [-0.05, 0) is 31.2 Å². The normalized spacial score (nSPS) is 34.2. The van der Waals surface area contributed by atoms with Crippen molar-refractivity contribution in [2.75, 3.05) is 6.61 Å². The molecule has 1 saturated carbocycles. The zero-order chi connectivity index (χ0) is 12.6. The number of hydrogen-bond acceptors (Lipinski definition) is 2. The Bertz CT molecular complexity index is 433. The lowest BCUT2D eigenvalue weighted by Gasteiger charge is -2.53. The number of fused-ring (bicyclic) bond motifs is 3. The summed E-state index contributed by atoms with van der Waals surface area (Å²) in [6, 6.07) is 10.3. The van der Waals surface area contributed by atoms with Gasteiger partial charge in [-0.3, -0.25) is 0 Å². The summed E-state index contributed by atoms with van der Waals surface area (Å²) in [5.74, 6) is 0. The molecule has 0 unspecified atom stereocenters. The molecule has 96 valence electrons. The predicted octanol–water partition coefficient (Wildman–Crippen LogP) is 2.49. The van der Waals surface area contributed by atoms with Gasteiger partial charge in [0, 0.05) is 0 Å². The van der Waals surface area contributed by atoms with Gasteiger partial charge in [0.25, 0.3) is 0 Å². The van der Waals surface area contributed by atoms with Crippen LogP contribution in [0.5, 0.6) is 0 Å². The third-order valence-electron chi connectivity index (χ3n) is 4.31. The monoisotopic (exact) mass is 247 g/mol. The molecular formula is C14H17NO3. The van der Waals surface area contributed by atoms with Gasteiger partial charge in [0.05, 0.1) is 17.7 Å². The van der Waals surface area contributed by atoms with Gasteiger partial charge in [-0.1, -0.05) is 30.3 Å². The van der Waals surface area contributed by atoms with Crippen LogP contribution in [0, 0.1) is 0 Å². The maximum atomic E-state index is 10.8. The van der Waals surface area contributed by atoms with Crippen LogP contribution in [0.15, 0.2) is 30.3 Å². The fourth-order valence-electron chi connectivity index (χ4n) is 3.20. The number of carboxylic acid groups (broad SMARTS) is 1. The summed E-state index contributed by atoms with van der Waals surface area (Å²) in [6.07, 6.45) is 2.53. The fourth-order valence-corrected chi connectivity index (χ4v) is 3.20. The highest BCUT2D eigenvalue weighted by atomic mass is 16.5. The van der Waals surface area contributed by atoms with Crippen LogP contribution >= 0.6 is 0 Å². The van der Waals surface area contributed by atoms with Crippen LogP contribution in [0.3, 0.4) is 0 Å². The maximum Gasteiger partial charge on any atom is 0.405 e. The maximum absolute atomic E-state index is 10.8. The molecule has 3 aliphatic rings. The smallest absolute Gasteiger partial charge is 0.405 e. The Hall–Kier alpha value is -1.55. The summed E-state index contributed by atoms with van der Waals surface area (Å²) in [6.45, 7) is 0.480. The van der Waals surface area contributed by atoms with Crippen molar-refractivity contribution in [2.24, 2.45) is 0 Å². The van der Waals surface area contributed by atoms with Crippen LogP contribution < -0.4 is 5.32 Å². The Morgan fingerprint density at radius 2 is 1.83 bits per heavy atom. The van der Waals surface area contributed by atoms with Crippen molar-refractivity contribution in [1.29, 1.82) is 0 Å². The van der Waals surface area contributed by atoms with Crippen molar-refractivity contribution in [2.45, 2.75) is 36.8 Å². The molecule has 2 heterocycles. The molecule has 1 aliphatic carbocycles. The highest BCUT2D eigenvalue weighted by Crippen LogP contribution is 2.49. The second-order valence-corrected chi connectivity index (χ2v) is 5.36. The van der Waals surface area contributed by atoms with E-state index in [1.165, 1.54) is 5.56 Å². The number of rotatable bonds is 2. The third-order valence-corrected chi connectivity index (χ3v) is 4.31. The Morgan fingerprint density at radius 3 is 2.33 bits per heavy atom. The summed E-state index contributed by atoms with van der Waals surface area (Å²) in [5, 5.41) is 11.5. The van der Waals surface area contributed by atoms with Gasteiger partial charge in [-0.2, -0.15) is 0 Å². The number of carbonyl (C=O) groups is 1. The third kappa shape index (κ3) is 1.77. The first-order valence-corrected chi connectivity index (χ1v) is 6.35. The zero-order valence-electron chi connectivity index (χ0n) is 10.2. The van der Waals surface area contributed by atoms with Crippen LogP contribution in [0.1, 0.15) is 31.2 Å². The number of amides is 1. The van der Waals surface area contributed by atoms with Crippen LogP contribution in [-0.2, 0) is 10.3 Å². The molecule has 2 N–H and O–H groups in total. The van der Waals surface area contributed by atoms with Gasteiger partial charge in [-0.25, -0.2) is 4.79 Å². The van der Waals surface area contributed by atoms with Gasteiger partial charge in [0.2, 0.25) is 0 Å². The van der Waals surface area contributed by atoms with E-state index >= 15 is 0 Å². The van der Waals surface area contributed by atoms with Gasteiger partial charge < -0.3 is 15.2 Å². The van der Waals surface area contributed by atoms with Crippen molar-refractivity contribution in [3.63, 3.8) is 0 Å². The highest BCUT2D eigenvalue weighted by Gasteiger charge is 2.51. The summed E-state index contributed by atoms with van der Waals surface area (Å²) in [7, 11) is 0. The van der Waals surface area contributed by atoms with Gasteiger partial charge in [-0.15, -0.1) is 0 Å². The van der Waals surface area contributed by atoms with E-state index in [0.717, 1.165) is 25.7 Å². The molecule has 18 heavy (non-hydrogen) atoms. The molecule has 0 radical (unpaired) electrons. The Morgan fingerprint density at radius 1 is 1.17 bits per heavy atom. The van der Waals surface area contributed by atoms with Crippen molar-refractivity contribution >= 4 is 6.09 Å².